The standard InChI is InChI=1S/C22H25N3O4/c1-24-17-8-4-3-7-16(17)22(27)23-21(24)15-9-10-18(19(13-15)28-2)29-14-20(26)25-11-5-6-12-25/h3-4,7-10,13,21H,5-6,11-12,14H2,1-2H3,(H,23,27)/t21-/m0/s1. The van der Waals surface area contributed by atoms with Gasteiger partial charge in [-0.05, 0) is 42.7 Å². The summed E-state index contributed by atoms with van der Waals surface area (Å²) in [7, 11) is 3.50. The average molecular weight is 395 g/mol. The Morgan fingerprint density at radius 2 is 1.90 bits per heavy atom. The summed E-state index contributed by atoms with van der Waals surface area (Å²) >= 11 is 0. The van der Waals surface area contributed by atoms with Crippen LogP contribution < -0.4 is 19.7 Å². The van der Waals surface area contributed by atoms with Gasteiger partial charge in [-0.15, -0.1) is 0 Å². The van der Waals surface area contributed by atoms with E-state index in [4.69, 9.17) is 9.47 Å². The van der Waals surface area contributed by atoms with Crippen molar-refractivity contribution in [1.29, 1.82) is 0 Å². The molecule has 2 heterocycles. The van der Waals surface area contributed by atoms with Crippen LogP contribution in [0.5, 0.6) is 11.5 Å². The minimum Gasteiger partial charge on any atom is -0.493 e. The average Bonchev–Trinajstić information content (AvgIpc) is 3.29. The maximum absolute atomic E-state index is 12.5. The predicted octanol–water partition coefficient (Wildman–Crippen LogP) is 2.57. The van der Waals surface area contributed by atoms with Crippen LogP contribution in [0.25, 0.3) is 0 Å². The monoisotopic (exact) mass is 395 g/mol. The number of fused-ring (bicyclic) bond motifs is 1. The van der Waals surface area contributed by atoms with Gasteiger partial charge in [-0.2, -0.15) is 0 Å². The first-order valence-electron chi connectivity index (χ1n) is 9.79. The molecule has 7 heteroatoms. The van der Waals surface area contributed by atoms with Crippen molar-refractivity contribution < 1.29 is 19.1 Å². The van der Waals surface area contributed by atoms with Crippen molar-refractivity contribution in [3.8, 4) is 11.5 Å². The van der Waals surface area contributed by atoms with E-state index in [9.17, 15) is 9.59 Å². The fourth-order valence-electron chi connectivity index (χ4n) is 3.89. The lowest BCUT2D eigenvalue weighted by Crippen LogP contribution is -2.44. The largest absolute Gasteiger partial charge is 0.493 e. The predicted molar refractivity (Wildman–Crippen MR) is 109 cm³/mol. The quantitative estimate of drug-likeness (QED) is 0.843. The zero-order chi connectivity index (χ0) is 20.4. The molecule has 2 amide bonds. The van der Waals surface area contributed by atoms with E-state index in [2.05, 4.69) is 5.32 Å². The Labute approximate surface area is 170 Å². The van der Waals surface area contributed by atoms with Gasteiger partial charge in [-0.25, -0.2) is 0 Å². The molecule has 2 aromatic rings. The first-order valence-corrected chi connectivity index (χ1v) is 9.79. The normalized spacial score (nSPS) is 18.3. The van der Waals surface area contributed by atoms with Gasteiger partial charge in [0, 0.05) is 20.1 Å². The van der Waals surface area contributed by atoms with E-state index in [0.29, 0.717) is 17.1 Å². The molecule has 0 spiro atoms. The molecule has 4 rings (SSSR count). The number of hydrogen-bond acceptors (Lipinski definition) is 5. The Hall–Kier alpha value is -3.22. The molecular formula is C22H25N3O4. The van der Waals surface area contributed by atoms with Gasteiger partial charge >= 0.3 is 0 Å². The third-order valence-corrected chi connectivity index (χ3v) is 5.50. The molecule has 0 saturated carbocycles. The van der Waals surface area contributed by atoms with Crippen molar-refractivity contribution in [3.05, 3.63) is 53.6 Å². The highest BCUT2D eigenvalue weighted by Gasteiger charge is 2.29. The van der Waals surface area contributed by atoms with Gasteiger partial charge in [0.15, 0.2) is 18.1 Å². The summed E-state index contributed by atoms with van der Waals surface area (Å²) < 4.78 is 11.2. The Morgan fingerprint density at radius 1 is 1.14 bits per heavy atom. The minimum atomic E-state index is -0.327. The summed E-state index contributed by atoms with van der Waals surface area (Å²) in [5.41, 5.74) is 2.39. The summed E-state index contributed by atoms with van der Waals surface area (Å²) in [6.45, 7) is 1.59. The van der Waals surface area contributed by atoms with Crippen molar-refractivity contribution in [3.63, 3.8) is 0 Å². The summed E-state index contributed by atoms with van der Waals surface area (Å²) in [4.78, 5) is 28.6. The molecular weight excluding hydrogens is 370 g/mol. The van der Waals surface area contributed by atoms with E-state index < -0.39 is 0 Å². The summed E-state index contributed by atoms with van der Waals surface area (Å²) in [5.74, 6) is 0.913. The molecule has 1 saturated heterocycles. The number of hydrogen-bond donors (Lipinski definition) is 1. The van der Waals surface area contributed by atoms with E-state index in [-0.39, 0.29) is 24.6 Å². The van der Waals surface area contributed by atoms with Crippen LogP contribution in [0.15, 0.2) is 42.5 Å². The fourth-order valence-corrected chi connectivity index (χ4v) is 3.89. The second-order valence-corrected chi connectivity index (χ2v) is 7.29. The molecule has 29 heavy (non-hydrogen) atoms. The van der Waals surface area contributed by atoms with Crippen LogP contribution in [0.4, 0.5) is 5.69 Å². The number of amides is 2. The van der Waals surface area contributed by atoms with Crippen molar-refractivity contribution >= 4 is 17.5 Å². The van der Waals surface area contributed by atoms with Crippen LogP contribution in [-0.4, -0.2) is 50.6 Å². The van der Waals surface area contributed by atoms with E-state index in [1.165, 1.54) is 0 Å². The minimum absolute atomic E-state index is 0.00971. The number of para-hydroxylation sites is 1. The van der Waals surface area contributed by atoms with Gasteiger partial charge in [-0.1, -0.05) is 18.2 Å². The van der Waals surface area contributed by atoms with Crippen LogP contribution in [0.3, 0.4) is 0 Å². The second-order valence-electron chi connectivity index (χ2n) is 7.29. The molecule has 1 atom stereocenters. The molecule has 0 unspecified atom stereocenters. The lowest BCUT2D eigenvalue weighted by molar-refractivity contribution is -0.132. The van der Waals surface area contributed by atoms with Crippen LogP contribution >= 0.6 is 0 Å². The number of benzene rings is 2. The topological polar surface area (TPSA) is 71.1 Å². The SMILES string of the molecule is COc1cc([C@H]2NC(=O)c3ccccc3N2C)ccc1OCC(=O)N1CCCC1. The molecule has 0 bridgehead atoms. The lowest BCUT2D eigenvalue weighted by Gasteiger charge is -2.36. The molecule has 0 aromatic heterocycles. The number of carbonyl (C=O) groups excluding carboxylic acids is 2. The first kappa shape index (κ1) is 19.1. The molecule has 1 N–H and O–H groups in total. The lowest BCUT2D eigenvalue weighted by atomic mass is 10.0. The second kappa shape index (κ2) is 8.03. The highest BCUT2D eigenvalue weighted by Crippen LogP contribution is 2.35. The zero-order valence-corrected chi connectivity index (χ0v) is 16.7. The third-order valence-electron chi connectivity index (χ3n) is 5.50. The van der Waals surface area contributed by atoms with Crippen molar-refractivity contribution in [1.82, 2.24) is 10.2 Å². The van der Waals surface area contributed by atoms with Crippen LogP contribution in [0, 0.1) is 0 Å². The Balaban J connectivity index is 1.52. The highest BCUT2D eigenvalue weighted by molar-refractivity contribution is 6.02. The van der Waals surface area contributed by atoms with E-state index in [1.807, 2.05) is 53.2 Å². The van der Waals surface area contributed by atoms with Gasteiger partial charge in [0.2, 0.25) is 0 Å². The fraction of sp³-hybridized carbons (Fsp3) is 0.364. The van der Waals surface area contributed by atoms with Crippen molar-refractivity contribution in [2.24, 2.45) is 0 Å². The number of methoxy groups -OCH3 is 1. The number of carbonyl (C=O) groups is 2. The van der Waals surface area contributed by atoms with Crippen molar-refractivity contribution in [2.45, 2.75) is 19.0 Å². The Bertz CT molecular complexity index is 924. The smallest absolute Gasteiger partial charge is 0.260 e. The number of anilines is 1. The number of ether oxygens (including phenoxy) is 2. The van der Waals surface area contributed by atoms with Gasteiger partial charge in [0.25, 0.3) is 11.8 Å². The summed E-state index contributed by atoms with van der Waals surface area (Å²) in [6.07, 6.45) is 1.77. The van der Waals surface area contributed by atoms with Gasteiger partial charge < -0.3 is 24.6 Å². The molecule has 152 valence electrons. The van der Waals surface area contributed by atoms with Crippen LogP contribution in [0.2, 0.25) is 0 Å². The molecule has 0 radical (unpaired) electrons. The van der Waals surface area contributed by atoms with Crippen LogP contribution in [0.1, 0.15) is 34.9 Å². The van der Waals surface area contributed by atoms with Gasteiger partial charge in [0.05, 0.1) is 18.4 Å². The highest BCUT2D eigenvalue weighted by atomic mass is 16.5. The Morgan fingerprint density at radius 3 is 2.66 bits per heavy atom. The summed E-state index contributed by atoms with van der Waals surface area (Å²) in [5, 5.41) is 3.03. The maximum atomic E-state index is 12.5. The van der Waals surface area contributed by atoms with E-state index >= 15 is 0 Å². The zero-order valence-electron chi connectivity index (χ0n) is 16.7. The molecule has 2 aromatic carbocycles. The van der Waals surface area contributed by atoms with E-state index in [0.717, 1.165) is 37.2 Å². The number of likely N-dealkylation sites (tertiary alicyclic amines) is 1. The van der Waals surface area contributed by atoms with Crippen LogP contribution in [-0.2, 0) is 4.79 Å². The van der Waals surface area contributed by atoms with Crippen molar-refractivity contribution in [2.75, 3.05) is 38.8 Å². The molecule has 7 nitrogen and oxygen atoms in total. The van der Waals surface area contributed by atoms with Gasteiger partial charge in [-0.3, -0.25) is 9.59 Å². The number of rotatable bonds is 5. The summed E-state index contributed by atoms with van der Waals surface area (Å²) in [6, 6.07) is 13.0. The number of nitrogens with zero attached hydrogens (tertiary/aromatic N) is 2. The molecule has 1 fully saturated rings. The van der Waals surface area contributed by atoms with Gasteiger partial charge in [0.1, 0.15) is 6.17 Å². The molecule has 2 aliphatic heterocycles. The number of nitrogens with one attached hydrogen (secondary N) is 1. The third kappa shape index (κ3) is 3.72. The molecule has 0 aliphatic carbocycles. The Kier molecular flexibility index (Phi) is 5.29. The molecule has 2 aliphatic rings. The van der Waals surface area contributed by atoms with E-state index in [1.54, 1.807) is 13.2 Å². The first-order chi connectivity index (χ1) is 14.1. The maximum Gasteiger partial charge on any atom is 0.260 e.